The van der Waals surface area contributed by atoms with Crippen LogP contribution in [0.5, 0.6) is 0 Å². The number of rotatable bonds is 3. The van der Waals surface area contributed by atoms with Crippen LogP contribution in [0.2, 0.25) is 0 Å². The van der Waals surface area contributed by atoms with E-state index in [0.717, 1.165) is 12.1 Å². The van der Waals surface area contributed by atoms with Crippen LogP contribution in [-0.4, -0.2) is 58.6 Å². The molecule has 10 nitrogen and oxygen atoms in total. The van der Waals surface area contributed by atoms with Crippen molar-refractivity contribution in [3.05, 3.63) is 0 Å². The van der Waals surface area contributed by atoms with Gasteiger partial charge in [-0.3, -0.25) is 0 Å². The van der Waals surface area contributed by atoms with Gasteiger partial charge in [0.2, 0.25) is 0 Å². The van der Waals surface area contributed by atoms with Crippen LogP contribution in [0.3, 0.4) is 0 Å². The summed E-state index contributed by atoms with van der Waals surface area (Å²) in [5.74, 6) is 0. The van der Waals surface area contributed by atoms with Crippen molar-refractivity contribution in [1.82, 2.24) is 0 Å². The number of hydrogen-bond acceptors (Lipinski definition) is 8. The van der Waals surface area contributed by atoms with E-state index in [2.05, 4.69) is 20.7 Å². The highest BCUT2D eigenvalue weighted by Crippen LogP contribution is 2.33. The van der Waals surface area contributed by atoms with Gasteiger partial charge in [0.15, 0.2) is 6.29 Å². The van der Waals surface area contributed by atoms with Crippen molar-refractivity contribution in [3.63, 3.8) is 0 Å². The van der Waals surface area contributed by atoms with Crippen LogP contribution in [0.4, 0.5) is 0 Å². The number of phosphoric acid groups is 1. The first-order valence-corrected chi connectivity index (χ1v) is 11.6. The van der Waals surface area contributed by atoms with Gasteiger partial charge in [-0.1, -0.05) is 12.8 Å². The zero-order valence-corrected chi connectivity index (χ0v) is 17.4. The lowest BCUT2D eigenvalue weighted by atomic mass is 9.97. The molecule has 0 unspecified atom stereocenters. The van der Waals surface area contributed by atoms with Crippen molar-refractivity contribution in [2.24, 2.45) is 0 Å². The molecule has 0 aromatic rings. The molecule has 0 aromatic heterocycles. The van der Waals surface area contributed by atoms with Gasteiger partial charge in [-0.05, 0) is 51.4 Å². The third kappa shape index (κ3) is 10.6. The van der Waals surface area contributed by atoms with Crippen LogP contribution in [0, 0.1) is 0 Å². The number of aliphatic hydroxyl groups excluding tert-OH is 3. The van der Waals surface area contributed by atoms with E-state index in [9.17, 15) is 14.4 Å². The number of ether oxygens (including phenoxy) is 1. The number of aliphatic hydroxyl groups is 3. The fourth-order valence-electron chi connectivity index (χ4n) is 3.45. The standard InChI is InChI=1S/2C6H13N.C5H11O8P/c2*7-6-4-2-1-3-5-6;6-1-2-3(7)4(8)5(12-2)13-14(9,10)11/h2*6H,1-5,7H2;2-8H,1H2,(H2,9,10,11)/t;;2-,3-,4-,5-/m..1/s1. The average molecular weight is 428 g/mol. The van der Waals surface area contributed by atoms with Gasteiger partial charge in [0, 0.05) is 0 Å². The van der Waals surface area contributed by atoms with Crippen LogP contribution in [0.1, 0.15) is 64.2 Å². The molecule has 11 heteroatoms. The second kappa shape index (κ2) is 13.2. The molecule has 9 N–H and O–H groups in total. The van der Waals surface area contributed by atoms with Gasteiger partial charge in [0.1, 0.15) is 18.3 Å². The van der Waals surface area contributed by atoms with Gasteiger partial charge in [-0.15, -0.1) is 0 Å². The maximum Gasteiger partial charge on any atom is 0.191 e. The minimum Gasteiger partial charge on any atom is -0.790 e. The fraction of sp³-hybridized carbons (Fsp3) is 1.00. The lowest BCUT2D eigenvalue weighted by Crippen LogP contribution is -2.61. The Labute approximate surface area is 166 Å². The first-order chi connectivity index (χ1) is 13.1. The SMILES string of the molecule is O=P([O-])([O-])O[C@H]1O[C@H](CO)[C@@H](O)[C@H]1O.[NH3+]C1CCCCC1.[NH3+]C1CCCCC1. The van der Waals surface area contributed by atoms with Gasteiger partial charge >= 0.3 is 0 Å². The molecule has 3 rings (SSSR count). The van der Waals surface area contributed by atoms with Crippen molar-refractivity contribution in [2.45, 2.75) is 101 Å². The van der Waals surface area contributed by atoms with Gasteiger partial charge in [-0.2, -0.15) is 0 Å². The molecule has 2 aliphatic carbocycles. The summed E-state index contributed by atoms with van der Waals surface area (Å²) >= 11 is 0. The summed E-state index contributed by atoms with van der Waals surface area (Å²) in [6, 6.07) is 1.57. The van der Waals surface area contributed by atoms with E-state index >= 15 is 0 Å². The highest BCUT2D eigenvalue weighted by molar-refractivity contribution is 7.43. The molecule has 28 heavy (non-hydrogen) atoms. The molecule has 3 aliphatic rings. The molecular weight excluding hydrogens is 391 g/mol. The first kappa shape index (κ1) is 25.9. The van der Waals surface area contributed by atoms with Gasteiger partial charge in [0.05, 0.1) is 26.5 Å². The van der Waals surface area contributed by atoms with Crippen molar-refractivity contribution < 1.29 is 50.4 Å². The number of phosphoric ester groups is 1. The lowest BCUT2D eigenvalue weighted by Gasteiger charge is -2.32. The molecule has 1 heterocycles. The Morgan fingerprint density at radius 1 is 0.893 bits per heavy atom. The number of quaternary nitrogens is 2. The normalized spacial score (nSPS) is 32.1. The molecule has 1 aliphatic heterocycles. The van der Waals surface area contributed by atoms with E-state index in [1.165, 1.54) is 64.2 Å². The largest absolute Gasteiger partial charge is 0.790 e. The van der Waals surface area contributed by atoms with E-state index < -0.39 is 39.0 Å². The summed E-state index contributed by atoms with van der Waals surface area (Å²) in [7, 11) is -5.29. The molecule has 4 atom stereocenters. The van der Waals surface area contributed by atoms with Crippen molar-refractivity contribution >= 4 is 7.82 Å². The van der Waals surface area contributed by atoms with E-state index in [1.54, 1.807) is 0 Å². The molecule has 0 radical (unpaired) electrons. The Bertz CT molecular complexity index is 438. The maximum atomic E-state index is 10.1. The smallest absolute Gasteiger partial charge is 0.191 e. The third-order valence-corrected chi connectivity index (χ3v) is 5.65. The van der Waals surface area contributed by atoms with Gasteiger partial charge in [0.25, 0.3) is 0 Å². The predicted octanol–water partition coefficient (Wildman–Crippen LogP) is -2.61. The summed E-state index contributed by atoms with van der Waals surface area (Å²) in [6.07, 6.45) is 8.01. The monoisotopic (exact) mass is 428 g/mol. The molecule has 168 valence electrons. The molecule has 1 saturated heterocycles. The maximum absolute atomic E-state index is 10.1. The number of hydrogen-bond donors (Lipinski definition) is 5. The van der Waals surface area contributed by atoms with Crippen LogP contribution in [0.15, 0.2) is 0 Å². The van der Waals surface area contributed by atoms with Crippen molar-refractivity contribution in [3.8, 4) is 0 Å². The fourth-order valence-corrected chi connectivity index (χ4v) is 3.88. The van der Waals surface area contributed by atoms with E-state index in [0.29, 0.717) is 0 Å². The van der Waals surface area contributed by atoms with E-state index in [4.69, 9.17) is 15.3 Å². The van der Waals surface area contributed by atoms with Crippen LogP contribution in [0.25, 0.3) is 0 Å². The molecular formula is C17H37N2O8P. The van der Waals surface area contributed by atoms with Crippen LogP contribution < -0.4 is 21.3 Å². The molecule has 2 saturated carbocycles. The molecule has 3 fully saturated rings. The zero-order valence-electron chi connectivity index (χ0n) is 16.5. The quantitative estimate of drug-likeness (QED) is 0.301. The second-order valence-electron chi connectivity index (χ2n) is 7.77. The predicted molar refractivity (Wildman–Crippen MR) is 96.0 cm³/mol. The average Bonchev–Trinajstić information content (AvgIpc) is 2.90. The summed E-state index contributed by atoms with van der Waals surface area (Å²) in [4.78, 5) is 20.3. The zero-order chi connectivity index (χ0) is 21.2. The highest BCUT2D eigenvalue weighted by atomic mass is 31.2. The molecule has 0 amide bonds. The Balaban J connectivity index is 0.000000233. The van der Waals surface area contributed by atoms with E-state index in [-0.39, 0.29) is 0 Å². The van der Waals surface area contributed by atoms with Crippen LogP contribution in [-0.2, 0) is 13.8 Å². The van der Waals surface area contributed by atoms with E-state index in [1.807, 2.05) is 0 Å². The van der Waals surface area contributed by atoms with Crippen LogP contribution >= 0.6 is 7.82 Å². The third-order valence-electron chi connectivity index (χ3n) is 5.18. The summed E-state index contributed by atoms with van der Waals surface area (Å²) in [6.45, 7) is -0.625. The Morgan fingerprint density at radius 2 is 1.32 bits per heavy atom. The molecule has 0 bridgehead atoms. The minimum absolute atomic E-state index is 0.625. The minimum atomic E-state index is -5.29. The molecule has 0 aromatic carbocycles. The van der Waals surface area contributed by atoms with Crippen molar-refractivity contribution in [1.29, 1.82) is 0 Å². The summed E-state index contributed by atoms with van der Waals surface area (Å²) in [5.41, 5.74) is 8.00. The lowest BCUT2D eigenvalue weighted by molar-refractivity contribution is -0.425. The Hall–Kier alpha value is -0.130. The second-order valence-corrected chi connectivity index (χ2v) is 8.87. The molecule has 0 spiro atoms. The summed E-state index contributed by atoms with van der Waals surface area (Å²) < 4.78 is 18.5. The van der Waals surface area contributed by atoms with Gasteiger partial charge < -0.3 is 50.4 Å². The van der Waals surface area contributed by atoms with Crippen molar-refractivity contribution in [2.75, 3.05) is 6.61 Å². The summed E-state index contributed by atoms with van der Waals surface area (Å²) in [5, 5.41) is 26.8. The highest BCUT2D eigenvalue weighted by Gasteiger charge is 2.43. The Kier molecular flexibility index (Phi) is 12.2. The van der Waals surface area contributed by atoms with Gasteiger partial charge in [-0.25, -0.2) is 0 Å². The first-order valence-electron chi connectivity index (χ1n) is 10.1. The Morgan fingerprint density at radius 3 is 1.57 bits per heavy atom. The topological polar surface area (TPSA) is 198 Å².